The predicted molar refractivity (Wildman–Crippen MR) is 60.4 cm³/mol. The maximum atomic E-state index is 5.94. The molecule has 1 aliphatic rings. The van der Waals surface area contributed by atoms with Gasteiger partial charge in [-0.3, -0.25) is 0 Å². The van der Waals surface area contributed by atoms with Gasteiger partial charge in [-0.05, 0) is 30.1 Å². The van der Waals surface area contributed by atoms with Crippen molar-refractivity contribution in [3.63, 3.8) is 0 Å². The first kappa shape index (κ1) is 11.1. The summed E-state index contributed by atoms with van der Waals surface area (Å²) < 4.78 is 0. The average Bonchev–Trinajstić information content (AvgIpc) is 2.54. The minimum absolute atomic E-state index is 0.486. The van der Waals surface area contributed by atoms with E-state index in [1.165, 1.54) is 0 Å². The Hall–Kier alpha value is 0.0600. The minimum Gasteiger partial charge on any atom is -0.126 e. The Kier molecular flexibility index (Phi) is 4.34. The first-order chi connectivity index (χ1) is 6.28. The molecule has 2 heteroatoms. The lowest BCUT2D eigenvalue weighted by Gasteiger charge is -2.20. The second-order valence-corrected chi connectivity index (χ2v) is 4.29. The van der Waals surface area contributed by atoms with E-state index in [4.69, 9.17) is 23.2 Å². The number of allylic oxidation sites excluding steroid dienone is 2. The van der Waals surface area contributed by atoms with Gasteiger partial charge in [0.1, 0.15) is 0 Å². The fraction of sp³-hybridized carbons (Fsp3) is 0.636. The van der Waals surface area contributed by atoms with E-state index in [2.05, 4.69) is 13.2 Å². The van der Waals surface area contributed by atoms with Gasteiger partial charge in [0.25, 0.3) is 0 Å². The fourth-order valence-electron chi connectivity index (χ4n) is 2.30. The van der Waals surface area contributed by atoms with Gasteiger partial charge in [-0.1, -0.05) is 12.2 Å². The minimum atomic E-state index is 0.486. The molecule has 1 saturated carbocycles. The Morgan fingerprint density at radius 3 is 1.62 bits per heavy atom. The second kappa shape index (κ2) is 5.07. The fourth-order valence-corrected chi connectivity index (χ4v) is 3.21. The molecule has 0 spiro atoms. The molecule has 1 rings (SSSR count). The van der Waals surface area contributed by atoms with E-state index in [0.717, 1.165) is 6.42 Å². The van der Waals surface area contributed by atoms with E-state index >= 15 is 0 Å². The molecule has 0 nitrogen and oxygen atoms in total. The highest BCUT2D eigenvalue weighted by atomic mass is 35.5. The van der Waals surface area contributed by atoms with Gasteiger partial charge >= 0.3 is 0 Å². The van der Waals surface area contributed by atoms with Crippen LogP contribution < -0.4 is 0 Å². The molecule has 0 N–H and O–H groups in total. The summed E-state index contributed by atoms with van der Waals surface area (Å²) in [6, 6.07) is 0. The molecule has 0 amide bonds. The Morgan fingerprint density at radius 2 is 1.38 bits per heavy atom. The summed E-state index contributed by atoms with van der Waals surface area (Å²) in [5.74, 6) is 3.37. The van der Waals surface area contributed by atoms with Crippen molar-refractivity contribution >= 4 is 23.2 Å². The molecule has 4 unspecified atom stereocenters. The molecular weight excluding hydrogens is 203 g/mol. The van der Waals surface area contributed by atoms with Crippen molar-refractivity contribution < 1.29 is 0 Å². The van der Waals surface area contributed by atoms with Crippen LogP contribution in [0.2, 0.25) is 0 Å². The highest BCUT2D eigenvalue weighted by Crippen LogP contribution is 2.43. The standard InChI is InChI=1S/C11H16Cl2/c1-3-8-5-9(4-2)11(7-13)10(8)6-12/h3-4,8-11H,1-2,5-7H2. The van der Waals surface area contributed by atoms with Crippen LogP contribution in [0.4, 0.5) is 0 Å². The molecule has 1 aliphatic carbocycles. The number of alkyl halides is 2. The Morgan fingerprint density at radius 1 is 1.00 bits per heavy atom. The van der Waals surface area contributed by atoms with Crippen molar-refractivity contribution in [3.05, 3.63) is 25.3 Å². The molecule has 4 atom stereocenters. The van der Waals surface area contributed by atoms with Crippen molar-refractivity contribution in [2.45, 2.75) is 6.42 Å². The van der Waals surface area contributed by atoms with Gasteiger partial charge in [0.15, 0.2) is 0 Å². The van der Waals surface area contributed by atoms with E-state index in [0.29, 0.717) is 35.4 Å². The Bertz CT molecular complexity index is 169. The van der Waals surface area contributed by atoms with E-state index in [1.807, 2.05) is 12.2 Å². The van der Waals surface area contributed by atoms with E-state index in [-0.39, 0.29) is 0 Å². The van der Waals surface area contributed by atoms with E-state index < -0.39 is 0 Å². The van der Waals surface area contributed by atoms with Crippen LogP contribution in [0.1, 0.15) is 6.42 Å². The summed E-state index contributed by atoms with van der Waals surface area (Å²) in [4.78, 5) is 0. The topological polar surface area (TPSA) is 0 Å². The zero-order valence-electron chi connectivity index (χ0n) is 7.76. The quantitative estimate of drug-likeness (QED) is 0.499. The second-order valence-electron chi connectivity index (χ2n) is 3.67. The molecule has 0 aromatic heterocycles. The molecule has 0 heterocycles. The summed E-state index contributed by atoms with van der Waals surface area (Å²) in [6.07, 6.45) is 5.13. The van der Waals surface area contributed by atoms with Crippen LogP contribution in [0.15, 0.2) is 25.3 Å². The SMILES string of the molecule is C=CC1CC(C=C)C(CCl)C1CCl. The van der Waals surface area contributed by atoms with Crippen LogP contribution in [-0.2, 0) is 0 Å². The summed E-state index contributed by atoms with van der Waals surface area (Å²) in [6.45, 7) is 7.68. The van der Waals surface area contributed by atoms with Gasteiger partial charge in [-0.15, -0.1) is 36.4 Å². The molecule has 0 aromatic rings. The van der Waals surface area contributed by atoms with E-state index in [1.54, 1.807) is 0 Å². The first-order valence-electron chi connectivity index (χ1n) is 4.65. The van der Waals surface area contributed by atoms with Gasteiger partial charge in [0, 0.05) is 11.8 Å². The number of hydrogen-bond donors (Lipinski definition) is 0. The van der Waals surface area contributed by atoms with Crippen LogP contribution in [-0.4, -0.2) is 11.8 Å². The van der Waals surface area contributed by atoms with Crippen molar-refractivity contribution in [1.82, 2.24) is 0 Å². The molecule has 1 fully saturated rings. The Labute approximate surface area is 90.6 Å². The first-order valence-corrected chi connectivity index (χ1v) is 5.72. The third kappa shape index (κ3) is 2.11. The Balaban J connectivity index is 2.76. The van der Waals surface area contributed by atoms with E-state index in [9.17, 15) is 0 Å². The number of hydrogen-bond acceptors (Lipinski definition) is 0. The van der Waals surface area contributed by atoms with Gasteiger partial charge in [-0.2, -0.15) is 0 Å². The molecule has 13 heavy (non-hydrogen) atoms. The molecular formula is C11H16Cl2. The molecule has 0 saturated heterocycles. The zero-order valence-corrected chi connectivity index (χ0v) is 9.27. The third-order valence-electron chi connectivity index (χ3n) is 3.16. The van der Waals surface area contributed by atoms with Gasteiger partial charge in [-0.25, -0.2) is 0 Å². The molecule has 0 radical (unpaired) electrons. The third-order valence-corrected chi connectivity index (χ3v) is 3.87. The van der Waals surface area contributed by atoms with Crippen molar-refractivity contribution in [3.8, 4) is 0 Å². The van der Waals surface area contributed by atoms with Gasteiger partial charge < -0.3 is 0 Å². The smallest absolute Gasteiger partial charge is 0.0260 e. The van der Waals surface area contributed by atoms with Crippen molar-refractivity contribution in [2.75, 3.05) is 11.8 Å². The van der Waals surface area contributed by atoms with Crippen molar-refractivity contribution in [2.24, 2.45) is 23.7 Å². The normalized spacial score (nSPS) is 38.9. The zero-order chi connectivity index (χ0) is 9.84. The van der Waals surface area contributed by atoms with Crippen LogP contribution in [0, 0.1) is 23.7 Å². The molecule has 74 valence electrons. The summed E-state index contributed by atoms with van der Waals surface area (Å²) in [5.41, 5.74) is 0. The summed E-state index contributed by atoms with van der Waals surface area (Å²) >= 11 is 11.9. The van der Waals surface area contributed by atoms with Crippen LogP contribution >= 0.6 is 23.2 Å². The van der Waals surface area contributed by atoms with Crippen LogP contribution in [0.3, 0.4) is 0 Å². The maximum absolute atomic E-state index is 5.94. The average molecular weight is 219 g/mol. The largest absolute Gasteiger partial charge is 0.126 e. The molecule has 0 aromatic carbocycles. The maximum Gasteiger partial charge on any atom is 0.0260 e. The number of rotatable bonds is 4. The van der Waals surface area contributed by atoms with Gasteiger partial charge in [0.2, 0.25) is 0 Å². The van der Waals surface area contributed by atoms with Crippen LogP contribution in [0.25, 0.3) is 0 Å². The number of halogens is 2. The monoisotopic (exact) mass is 218 g/mol. The lowest BCUT2D eigenvalue weighted by Crippen LogP contribution is -2.19. The lowest BCUT2D eigenvalue weighted by molar-refractivity contribution is 0.390. The summed E-state index contributed by atoms with van der Waals surface area (Å²) in [7, 11) is 0. The lowest BCUT2D eigenvalue weighted by atomic mass is 9.90. The van der Waals surface area contributed by atoms with Crippen LogP contribution in [0.5, 0.6) is 0 Å². The highest BCUT2D eigenvalue weighted by Gasteiger charge is 2.39. The van der Waals surface area contributed by atoms with Crippen molar-refractivity contribution in [1.29, 1.82) is 0 Å². The summed E-state index contributed by atoms with van der Waals surface area (Å²) in [5, 5.41) is 0. The molecule has 0 aliphatic heterocycles. The van der Waals surface area contributed by atoms with Gasteiger partial charge in [0.05, 0.1) is 0 Å². The molecule has 0 bridgehead atoms. The highest BCUT2D eigenvalue weighted by molar-refractivity contribution is 6.19. The predicted octanol–water partition coefficient (Wildman–Crippen LogP) is 3.70.